The highest BCUT2D eigenvalue weighted by atomic mass is 16.2. The highest BCUT2D eigenvalue weighted by Gasteiger charge is 2.60. The molecular weight excluding hydrogens is 276 g/mol. The number of carbonyl (C=O) groups is 1. The summed E-state index contributed by atoms with van der Waals surface area (Å²) in [5, 5.41) is 3.31. The molecule has 1 saturated carbocycles. The van der Waals surface area contributed by atoms with E-state index in [9.17, 15) is 4.79 Å². The van der Waals surface area contributed by atoms with Crippen LogP contribution in [0.1, 0.15) is 36.3 Å². The van der Waals surface area contributed by atoms with Crippen LogP contribution in [-0.4, -0.2) is 45.4 Å². The molecule has 6 rings (SSSR count). The smallest absolute Gasteiger partial charge is 0.287 e. The number of nitrogens with zero attached hydrogens (tertiary/aromatic N) is 2. The summed E-state index contributed by atoms with van der Waals surface area (Å²) in [5.41, 5.74) is 2.04. The van der Waals surface area contributed by atoms with Crippen LogP contribution in [0.25, 0.3) is 11.0 Å². The number of aromatic amines is 1. The van der Waals surface area contributed by atoms with Crippen molar-refractivity contribution in [3.63, 3.8) is 0 Å². The van der Waals surface area contributed by atoms with Crippen LogP contribution in [-0.2, 0) is 0 Å². The molecule has 3 aliphatic heterocycles. The number of imidazole rings is 1. The van der Waals surface area contributed by atoms with E-state index >= 15 is 0 Å². The largest absolute Gasteiger partial charge is 0.344 e. The summed E-state index contributed by atoms with van der Waals surface area (Å²) in [6, 6.07) is 8.08. The van der Waals surface area contributed by atoms with Crippen molar-refractivity contribution in [2.45, 2.75) is 37.3 Å². The predicted octanol–water partition coefficient (Wildman–Crippen LogP) is 1.92. The summed E-state index contributed by atoms with van der Waals surface area (Å²) >= 11 is 0. The standard InChI is InChI=1S/C17H20N4O/c22-16(15-18-12-3-1-2-4-13(12)19-15)20-14-11-5-9-21(10-6-11)17(14)7-8-17/h1-4,11,14H,5-10H2,(H,18,19)(H,20,22). The van der Waals surface area contributed by atoms with Gasteiger partial charge >= 0.3 is 0 Å². The molecule has 3 saturated heterocycles. The number of benzene rings is 1. The first kappa shape index (κ1) is 12.6. The molecule has 5 heteroatoms. The number of aromatic nitrogens is 2. The maximum absolute atomic E-state index is 12.7. The minimum Gasteiger partial charge on any atom is -0.344 e. The lowest BCUT2D eigenvalue weighted by atomic mass is 9.77. The third-order valence-electron chi connectivity index (χ3n) is 5.87. The van der Waals surface area contributed by atoms with Gasteiger partial charge in [-0.2, -0.15) is 0 Å². The highest BCUT2D eigenvalue weighted by Crippen LogP contribution is 2.53. The molecule has 4 aliphatic rings. The van der Waals surface area contributed by atoms with Crippen molar-refractivity contribution >= 4 is 16.9 Å². The fourth-order valence-corrected chi connectivity index (χ4v) is 4.59. The second-order valence-electron chi connectivity index (χ2n) is 6.98. The van der Waals surface area contributed by atoms with Crippen LogP contribution in [0.15, 0.2) is 24.3 Å². The Hall–Kier alpha value is -1.88. The van der Waals surface area contributed by atoms with Gasteiger partial charge in [0.2, 0.25) is 0 Å². The molecule has 1 aliphatic carbocycles. The third kappa shape index (κ3) is 1.69. The molecular formula is C17H20N4O. The number of hydrogen-bond donors (Lipinski definition) is 2. The monoisotopic (exact) mass is 296 g/mol. The van der Waals surface area contributed by atoms with Crippen molar-refractivity contribution < 1.29 is 4.79 Å². The van der Waals surface area contributed by atoms with E-state index in [0.29, 0.717) is 17.8 Å². The van der Waals surface area contributed by atoms with E-state index in [0.717, 1.165) is 11.0 Å². The van der Waals surface area contributed by atoms with E-state index in [1.165, 1.54) is 38.8 Å². The van der Waals surface area contributed by atoms with Gasteiger partial charge in [0.15, 0.2) is 5.82 Å². The van der Waals surface area contributed by atoms with Gasteiger partial charge in [-0.15, -0.1) is 0 Å². The summed E-state index contributed by atoms with van der Waals surface area (Å²) in [6.07, 6.45) is 4.89. The van der Waals surface area contributed by atoms with Gasteiger partial charge in [0, 0.05) is 5.54 Å². The molecule has 1 aromatic heterocycles. The molecule has 2 N–H and O–H groups in total. The highest BCUT2D eigenvalue weighted by molar-refractivity contribution is 5.94. The van der Waals surface area contributed by atoms with Crippen LogP contribution in [0.2, 0.25) is 0 Å². The Bertz CT molecular complexity index is 707. The Kier molecular flexibility index (Phi) is 2.48. The summed E-state index contributed by atoms with van der Waals surface area (Å²) < 4.78 is 0. The zero-order chi connectivity index (χ0) is 14.7. The number of hydrogen-bond acceptors (Lipinski definition) is 3. The zero-order valence-electron chi connectivity index (χ0n) is 12.5. The molecule has 2 bridgehead atoms. The van der Waals surface area contributed by atoms with Crippen molar-refractivity contribution in [1.29, 1.82) is 0 Å². The first-order chi connectivity index (χ1) is 10.8. The predicted molar refractivity (Wildman–Crippen MR) is 83.6 cm³/mol. The molecule has 114 valence electrons. The van der Waals surface area contributed by atoms with Gasteiger partial charge in [-0.05, 0) is 56.8 Å². The Morgan fingerprint density at radius 2 is 2.05 bits per heavy atom. The maximum Gasteiger partial charge on any atom is 0.287 e. The molecule has 1 unspecified atom stereocenters. The van der Waals surface area contributed by atoms with Crippen LogP contribution in [0.3, 0.4) is 0 Å². The number of rotatable bonds is 2. The fourth-order valence-electron chi connectivity index (χ4n) is 4.59. The molecule has 4 heterocycles. The Labute approximate surface area is 129 Å². The fraction of sp³-hybridized carbons (Fsp3) is 0.529. The topological polar surface area (TPSA) is 61.0 Å². The number of fused-ring (bicyclic) bond motifs is 3. The summed E-state index contributed by atoms with van der Waals surface area (Å²) in [4.78, 5) is 22.8. The summed E-state index contributed by atoms with van der Waals surface area (Å²) in [6.45, 7) is 2.42. The quantitative estimate of drug-likeness (QED) is 0.890. The number of amides is 1. The van der Waals surface area contributed by atoms with Crippen LogP contribution in [0.4, 0.5) is 0 Å². The van der Waals surface area contributed by atoms with Gasteiger partial charge in [-0.25, -0.2) is 4.98 Å². The van der Waals surface area contributed by atoms with E-state index in [1.807, 2.05) is 24.3 Å². The van der Waals surface area contributed by atoms with Gasteiger partial charge in [-0.3, -0.25) is 9.69 Å². The van der Waals surface area contributed by atoms with E-state index in [1.54, 1.807) is 0 Å². The second-order valence-corrected chi connectivity index (χ2v) is 6.98. The van der Waals surface area contributed by atoms with Crippen LogP contribution in [0, 0.1) is 5.92 Å². The third-order valence-corrected chi connectivity index (χ3v) is 5.87. The minimum atomic E-state index is -0.0544. The molecule has 1 amide bonds. The van der Waals surface area contributed by atoms with Crippen LogP contribution >= 0.6 is 0 Å². The number of carbonyl (C=O) groups excluding carboxylic acids is 1. The number of nitrogens with one attached hydrogen (secondary N) is 2. The number of H-pyrrole nitrogens is 1. The molecule has 4 fully saturated rings. The Morgan fingerprint density at radius 3 is 2.77 bits per heavy atom. The van der Waals surface area contributed by atoms with E-state index < -0.39 is 0 Å². The molecule has 2 aromatic rings. The van der Waals surface area contributed by atoms with E-state index in [-0.39, 0.29) is 11.4 Å². The van der Waals surface area contributed by atoms with Gasteiger partial charge in [0.05, 0.1) is 17.1 Å². The SMILES string of the molecule is O=C(NC1C2CCN(CC2)C12CC2)c1nc2ccccc2[nH]1. The zero-order valence-corrected chi connectivity index (χ0v) is 12.5. The molecule has 1 atom stereocenters. The summed E-state index contributed by atoms with van der Waals surface area (Å²) in [5.74, 6) is 1.02. The van der Waals surface area contributed by atoms with Crippen molar-refractivity contribution in [1.82, 2.24) is 20.2 Å². The average Bonchev–Trinajstić information content (AvgIpc) is 3.20. The van der Waals surface area contributed by atoms with E-state index in [2.05, 4.69) is 20.2 Å². The number of piperidine rings is 3. The van der Waals surface area contributed by atoms with Gasteiger partial charge in [0.25, 0.3) is 5.91 Å². The van der Waals surface area contributed by atoms with Gasteiger partial charge in [-0.1, -0.05) is 12.1 Å². The first-order valence-corrected chi connectivity index (χ1v) is 8.27. The Balaban J connectivity index is 1.42. The van der Waals surface area contributed by atoms with Crippen LogP contribution in [0.5, 0.6) is 0 Å². The molecule has 22 heavy (non-hydrogen) atoms. The molecule has 1 aromatic carbocycles. The molecule has 1 spiro atoms. The summed E-state index contributed by atoms with van der Waals surface area (Å²) in [7, 11) is 0. The normalized spacial score (nSPS) is 31.5. The van der Waals surface area contributed by atoms with Crippen molar-refractivity contribution in [2.75, 3.05) is 13.1 Å². The van der Waals surface area contributed by atoms with Crippen molar-refractivity contribution in [3.05, 3.63) is 30.1 Å². The van der Waals surface area contributed by atoms with Crippen molar-refractivity contribution in [2.24, 2.45) is 5.92 Å². The molecule has 0 radical (unpaired) electrons. The lowest BCUT2D eigenvalue weighted by Crippen LogP contribution is -2.65. The lowest BCUT2D eigenvalue weighted by molar-refractivity contribution is -0.00159. The Morgan fingerprint density at radius 1 is 1.27 bits per heavy atom. The lowest BCUT2D eigenvalue weighted by Gasteiger charge is -2.52. The first-order valence-electron chi connectivity index (χ1n) is 8.27. The maximum atomic E-state index is 12.7. The molecule has 5 nitrogen and oxygen atoms in total. The second kappa shape index (κ2) is 4.32. The number of para-hydroxylation sites is 2. The van der Waals surface area contributed by atoms with E-state index in [4.69, 9.17) is 0 Å². The van der Waals surface area contributed by atoms with Crippen molar-refractivity contribution in [3.8, 4) is 0 Å². The average molecular weight is 296 g/mol. The minimum absolute atomic E-state index is 0.0544. The van der Waals surface area contributed by atoms with Crippen LogP contribution < -0.4 is 5.32 Å². The van der Waals surface area contributed by atoms with Gasteiger partial charge < -0.3 is 10.3 Å². The van der Waals surface area contributed by atoms with Gasteiger partial charge in [0.1, 0.15) is 0 Å².